The highest BCUT2D eigenvalue weighted by molar-refractivity contribution is 4.83. The summed E-state index contributed by atoms with van der Waals surface area (Å²) in [5.41, 5.74) is 0. The molecule has 0 N–H and O–H groups in total. The molecular formula is C5H7F2. The van der Waals surface area contributed by atoms with E-state index in [2.05, 4.69) is 6.92 Å². The number of hydrogen-bond acceptors (Lipinski definition) is 0. The van der Waals surface area contributed by atoms with Crippen LogP contribution in [0.3, 0.4) is 0 Å². The fourth-order valence-electron chi connectivity index (χ4n) is 0.223. The number of allylic oxidation sites excluding steroid dienone is 1. The van der Waals surface area contributed by atoms with Crippen LogP contribution < -0.4 is 0 Å². The van der Waals surface area contributed by atoms with Crippen LogP contribution in [-0.4, -0.2) is 0 Å². The van der Waals surface area contributed by atoms with Crippen molar-refractivity contribution in [3.8, 4) is 0 Å². The van der Waals surface area contributed by atoms with Crippen LogP contribution in [-0.2, 0) is 0 Å². The molecule has 0 aliphatic carbocycles. The van der Waals surface area contributed by atoms with E-state index < -0.39 is 5.83 Å². The maximum absolute atomic E-state index is 11.6. The van der Waals surface area contributed by atoms with Gasteiger partial charge in [-0.3, -0.25) is 0 Å². The second-order valence-corrected chi connectivity index (χ2v) is 1.16. The Morgan fingerprint density at radius 3 is 2.43 bits per heavy atom. The summed E-state index contributed by atoms with van der Waals surface area (Å²) in [6.45, 7) is 3.33. The maximum atomic E-state index is 11.6. The van der Waals surface area contributed by atoms with Gasteiger partial charge in [-0.05, 0) is 6.42 Å². The van der Waals surface area contributed by atoms with E-state index in [1.165, 1.54) is 0 Å². The van der Waals surface area contributed by atoms with Crippen molar-refractivity contribution >= 4 is 0 Å². The largest absolute Gasteiger partial charge is 0.213 e. The van der Waals surface area contributed by atoms with Crippen LogP contribution in [0.1, 0.15) is 12.8 Å². The summed E-state index contributed by atoms with van der Waals surface area (Å²) < 4.78 is 22.6. The molecule has 0 atom stereocenters. The summed E-state index contributed by atoms with van der Waals surface area (Å²) in [6, 6.07) is 0. The van der Waals surface area contributed by atoms with E-state index in [1.54, 1.807) is 0 Å². The lowest BCUT2D eigenvalue weighted by atomic mass is 10.3. The molecule has 0 aromatic carbocycles. The van der Waals surface area contributed by atoms with E-state index in [9.17, 15) is 8.78 Å². The van der Waals surface area contributed by atoms with Gasteiger partial charge in [0.1, 0.15) is 12.2 Å². The minimum atomic E-state index is -0.727. The molecule has 0 unspecified atom stereocenters. The lowest BCUT2D eigenvalue weighted by molar-refractivity contribution is 0.548. The Labute approximate surface area is 41.8 Å². The number of rotatable bonds is 2. The van der Waals surface area contributed by atoms with Crippen molar-refractivity contribution in [2.24, 2.45) is 0 Å². The summed E-state index contributed by atoms with van der Waals surface area (Å²) >= 11 is 0. The van der Waals surface area contributed by atoms with Crippen molar-refractivity contribution in [2.45, 2.75) is 12.8 Å². The van der Waals surface area contributed by atoms with E-state index in [-0.39, 0.29) is 12.8 Å². The molecule has 0 aliphatic heterocycles. The first-order chi connectivity index (χ1) is 3.31. The van der Waals surface area contributed by atoms with Gasteiger partial charge in [-0.1, -0.05) is 6.92 Å². The molecule has 0 saturated heterocycles. The molecule has 0 aromatic rings. The highest BCUT2D eigenvalue weighted by Crippen LogP contribution is 2.04. The molecule has 0 fully saturated rings. The Morgan fingerprint density at radius 1 is 1.71 bits per heavy atom. The molecule has 1 radical (unpaired) electrons. The van der Waals surface area contributed by atoms with Gasteiger partial charge in [-0.2, -0.15) is 0 Å². The zero-order valence-corrected chi connectivity index (χ0v) is 3.95. The van der Waals surface area contributed by atoms with Crippen molar-refractivity contribution < 1.29 is 8.78 Å². The van der Waals surface area contributed by atoms with Gasteiger partial charge in [-0.25, -0.2) is 8.78 Å². The predicted molar refractivity (Wildman–Crippen MR) is 24.9 cm³/mol. The Hall–Kier alpha value is -0.400. The molecule has 41 valence electrons. The van der Waals surface area contributed by atoms with Crippen molar-refractivity contribution in [3.63, 3.8) is 0 Å². The molecule has 0 amide bonds. The minimum absolute atomic E-state index is 0.0365. The maximum Gasteiger partial charge on any atom is 0.128 e. The lowest BCUT2D eigenvalue weighted by Gasteiger charge is -1.84. The smallest absolute Gasteiger partial charge is 0.128 e. The summed E-state index contributed by atoms with van der Waals surface area (Å²) in [7, 11) is 0. The van der Waals surface area contributed by atoms with Crippen LogP contribution in [0.4, 0.5) is 8.78 Å². The second kappa shape index (κ2) is 3.78. The van der Waals surface area contributed by atoms with Gasteiger partial charge in [0.25, 0.3) is 0 Å². The first-order valence-corrected chi connectivity index (χ1v) is 2.05. The van der Waals surface area contributed by atoms with Gasteiger partial charge in [0, 0.05) is 6.42 Å². The average Bonchev–Trinajstić information content (AvgIpc) is 1.68. The van der Waals surface area contributed by atoms with Crippen LogP contribution in [0.25, 0.3) is 0 Å². The summed E-state index contributed by atoms with van der Waals surface area (Å²) in [4.78, 5) is 0. The van der Waals surface area contributed by atoms with Crippen LogP contribution >= 0.6 is 0 Å². The Bertz CT molecular complexity index is 66.5. The predicted octanol–water partition coefficient (Wildman–Crippen LogP) is 2.38. The van der Waals surface area contributed by atoms with Gasteiger partial charge in [0.05, 0.1) is 0 Å². The SMILES string of the molecule is [CH2]CC/C(F)=C/F. The normalized spacial score (nSPS) is 12.1. The average molecular weight is 105 g/mol. The minimum Gasteiger partial charge on any atom is -0.213 e. The van der Waals surface area contributed by atoms with Gasteiger partial charge >= 0.3 is 0 Å². The third-order valence-corrected chi connectivity index (χ3v) is 0.534. The summed E-state index contributed by atoms with van der Waals surface area (Å²) in [6.07, 6.45) is 0.480. The van der Waals surface area contributed by atoms with Crippen LogP contribution in [0.5, 0.6) is 0 Å². The summed E-state index contributed by atoms with van der Waals surface area (Å²) in [5.74, 6) is -0.727. The van der Waals surface area contributed by atoms with Crippen molar-refractivity contribution in [1.82, 2.24) is 0 Å². The topological polar surface area (TPSA) is 0 Å². The molecule has 0 rings (SSSR count). The van der Waals surface area contributed by atoms with Crippen LogP contribution in [0, 0.1) is 6.92 Å². The van der Waals surface area contributed by atoms with Gasteiger partial charge in [0.15, 0.2) is 0 Å². The second-order valence-electron chi connectivity index (χ2n) is 1.16. The van der Waals surface area contributed by atoms with Gasteiger partial charge in [0.2, 0.25) is 0 Å². The lowest BCUT2D eigenvalue weighted by Crippen LogP contribution is -1.67. The molecule has 7 heavy (non-hydrogen) atoms. The van der Waals surface area contributed by atoms with Crippen LogP contribution in [0.2, 0.25) is 0 Å². The molecular weight excluding hydrogens is 98.1 g/mol. The molecule has 0 spiro atoms. The molecule has 0 aliphatic rings. The van der Waals surface area contributed by atoms with Gasteiger partial charge < -0.3 is 0 Å². The summed E-state index contributed by atoms with van der Waals surface area (Å²) in [5, 5.41) is 0. The molecule has 0 bridgehead atoms. The molecule has 0 aromatic heterocycles. The first kappa shape index (κ1) is 6.60. The van der Waals surface area contributed by atoms with Crippen molar-refractivity contribution in [2.75, 3.05) is 0 Å². The first-order valence-electron chi connectivity index (χ1n) is 2.05. The highest BCUT2D eigenvalue weighted by Gasteiger charge is 1.87. The molecule has 0 heterocycles. The molecule has 0 saturated carbocycles. The fraction of sp³-hybridized carbons (Fsp3) is 0.400. The van der Waals surface area contributed by atoms with E-state index in [1.807, 2.05) is 0 Å². The van der Waals surface area contributed by atoms with Gasteiger partial charge in [-0.15, -0.1) is 0 Å². The van der Waals surface area contributed by atoms with E-state index in [0.29, 0.717) is 6.42 Å². The third-order valence-electron chi connectivity index (χ3n) is 0.534. The third kappa shape index (κ3) is 3.43. The fourth-order valence-corrected chi connectivity index (χ4v) is 0.223. The van der Waals surface area contributed by atoms with E-state index in [4.69, 9.17) is 0 Å². The quantitative estimate of drug-likeness (QED) is 0.505. The molecule has 2 heteroatoms. The van der Waals surface area contributed by atoms with Crippen molar-refractivity contribution in [3.05, 3.63) is 19.1 Å². The monoisotopic (exact) mass is 105 g/mol. The van der Waals surface area contributed by atoms with E-state index in [0.717, 1.165) is 0 Å². The molecule has 0 nitrogen and oxygen atoms in total. The Balaban J connectivity index is 3.17. The standard InChI is InChI=1S/C5H7F2/c1-2-3-5(7)4-6/h4H,1-3H2/b5-4-. The Kier molecular flexibility index (Phi) is 3.56. The zero-order chi connectivity index (χ0) is 5.70. The Morgan fingerprint density at radius 2 is 2.29 bits per heavy atom. The highest BCUT2D eigenvalue weighted by atomic mass is 19.2. The number of halogens is 2. The van der Waals surface area contributed by atoms with Crippen molar-refractivity contribution in [1.29, 1.82) is 0 Å². The van der Waals surface area contributed by atoms with Crippen LogP contribution in [0.15, 0.2) is 12.2 Å². The number of hydrogen-bond donors (Lipinski definition) is 0. The van der Waals surface area contributed by atoms with E-state index >= 15 is 0 Å². The zero-order valence-electron chi connectivity index (χ0n) is 3.95.